The second kappa shape index (κ2) is 47.4. The molecule has 0 aliphatic heterocycles. The van der Waals surface area contributed by atoms with Gasteiger partial charge in [0.1, 0.15) is 0 Å². The number of pyridine rings is 5. The van der Waals surface area contributed by atoms with Crippen LogP contribution < -0.4 is 37.6 Å². The second-order valence-corrected chi connectivity index (χ2v) is 33.2. The number of benzene rings is 11. The summed E-state index contributed by atoms with van der Waals surface area (Å²) in [4.78, 5) is 127. The number of anilines is 5. The van der Waals surface area contributed by atoms with E-state index in [0.717, 1.165) is 22.4 Å². The van der Waals surface area contributed by atoms with Crippen LogP contribution in [0.5, 0.6) is 0 Å². The Labute approximate surface area is 817 Å². The standard InChI is InChI=1S/C27H21Cl2N3O2.2C26H20Cl2N4O2.C26H19Cl2N3O2/c1-32(17-18-7-3-2-4-8-18)27(34)19-10-12-21(24(29)15-19)26(33)31-20-11-13-23(28)22(16-20)25-9-5-6-14-30-25;1-32(16-19-6-2-4-12-29-19)26(34)17-8-10-20(23(28)14-17)25(33)31-18-9-11-22(27)21(15-18)24-7-3-5-13-30-24;27-21-11-9-18(14-20(21)24-7-3-4-12-30-24)32-26(34)19-10-8-16(13-22(19)28)25(33)31-15-17-5-1-2-6-23(17)29;27-22-12-10-19(15-21(22)24-8-4-5-13-29-24)31-26(33)20-11-9-18(14-23(20)28)25(32)30-16-17-6-2-1-3-7-17/h2-16H,17H2,1H3,(H,31,33);2-15H,16H2,1H3,(H,31,33);1-14H,15,29H2,(H,31,33)(H,32,34);1-15H,16H2,(H,30,32)(H,31,33). The van der Waals surface area contributed by atoms with Crippen molar-refractivity contribution < 1.29 is 38.4 Å². The lowest BCUT2D eigenvalue weighted by Crippen LogP contribution is -2.26. The Morgan fingerprint density at radius 3 is 0.896 bits per heavy atom. The van der Waals surface area contributed by atoms with Gasteiger partial charge in [-0.25, -0.2) is 0 Å². The third-order valence-corrected chi connectivity index (χ3v) is 23.0. The number of para-hydroxylation sites is 1. The fourth-order valence-electron chi connectivity index (χ4n) is 13.5. The SMILES string of the molecule is CN(Cc1ccccc1)C(=O)c1ccc(C(=O)Nc2ccc(Cl)c(-c3ccccn3)c2)c(Cl)c1.CN(Cc1ccccn1)C(=O)c1ccc(C(=O)Nc2ccc(Cl)c(-c3ccccn3)c2)c(Cl)c1.Nc1ccccc1CNC(=O)c1ccc(C(=O)Nc2ccc(Cl)c(-c3ccccn3)c2)c(Cl)c1.O=C(NCc1ccccc1)c1ccc(C(=O)Nc2ccc(Cl)c(-c3ccccn3)c2)c(Cl)c1. The van der Waals surface area contributed by atoms with Crippen molar-refractivity contribution >= 4 is 169 Å². The summed E-state index contributed by atoms with van der Waals surface area (Å²) in [5.74, 6) is -2.61. The number of halogens is 8. The first-order chi connectivity index (χ1) is 65.3. The topological polar surface area (TPSA) is 306 Å². The van der Waals surface area contributed by atoms with E-state index in [0.29, 0.717) is 135 Å². The Morgan fingerprint density at radius 2 is 0.570 bits per heavy atom. The number of nitrogen functional groups attached to an aromatic ring is 1. The van der Waals surface area contributed by atoms with Crippen LogP contribution in [0.1, 0.15) is 105 Å². The number of nitrogens with two attached hydrogens (primary N) is 1. The van der Waals surface area contributed by atoms with Crippen molar-refractivity contribution in [3.63, 3.8) is 0 Å². The zero-order valence-corrected chi connectivity index (χ0v) is 77.9. The molecule has 0 aliphatic carbocycles. The van der Waals surface area contributed by atoms with E-state index >= 15 is 0 Å². The molecule has 5 aromatic heterocycles. The van der Waals surface area contributed by atoms with E-state index < -0.39 is 23.6 Å². The average molecular weight is 1950 g/mol. The molecular weight excluding hydrogens is 1870 g/mol. The lowest BCUT2D eigenvalue weighted by atomic mass is 10.1. The molecule has 0 atom stereocenters. The Bertz CT molecular complexity index is 6770. The molecule has 16 rings (SSSR count). The smallest absolute Gasteiger partial charge is 0.257 e. The van der Waals surface area contributed by atoms with Gasteiger partial charge in [-0.05, 0) is 229 Å². The number of carbonyl (C=O) groups is 8. The maximum Gasteiger partial charge on any atom is 0.257 e. The first kappa shape index (κ1) is 97.6. The fourth-order valence-corrected chi connectivity index (χ4v) is 15.4. The van der Waals surface area contributed by atoms with Crippen LogP contribution in [0.15, 0.2) is 353 Å². The number of carbonyl (C=O) groups excluding carboxylic acids is 8. The summed E-state index contributed by atoms with van der Waals surface area (Å²) in [6.07, 6.45) is 8.37. The molecule has 22 nitrogen and oxygen atoms in total. The van der Waals surface area contributed by atoms with Gasteiger partial charge in [-0.2, -0.15) is 0 Å². The molecule has 0 fully saturated rings. The molecule has 5 heterocycles. The molecule has 0 unspecified atom stereocenters. The van der Waals surface area contributed by atoms with E-state index in [1.807, 2.05) is 170 Å². The predicted octanol–water partition coefficient (Wildman–Crippen LogP) is 24.6. The van der Waals surface area contributed by atoms with Crippen molar-refractivity contribution in [3.8, 4) is 45.0 Å². The van der Waals surface area contributed by atoms with Gasteiger partial charge >= 0.3 is 0 Å². The van der Waals surface area contributed by atoms with Crippen LogP contribution in [0.3, 0.4) is 0 Å². The highest BCUT2D eigenvalue weighted by atomic mass is 35.5. The fraction of sp³-hybridized carbons (Fsp3) is 0.0571. The zero-order valence-electron chi connectivity index (χ0n) is 71.8. The van der Waals surface area contributed by atoms with Gasteiger partial charge in [0.05, 0.1) is 97.4 Å². The lowest BCUT2D eigenvalue weighted by Gasteiger charge is -2.18. The first-order valence-corrected chi connectivity index (χ1v) is 44.5. The monoisotopic (exact) mass is 1940 g/mol. The highest BCUT2D eigenvalue weighted by Crippen LogP contribution is 2.36. The lowest BCUT2D eigenvalue weighted by molar-refractivity contribution is 0.0777. The maximum atomic E-state index is 12.9. The van der Waals surface area contributed by atoms with Crippen LogP contribution in [0, 0.1) is 0 Å². The zero-order chi connectivity index (χ0) is 95.4. The summed E-state index contributed by atoms with van der Waals surface area (Å²) < 4.78 is 0. The van der Waals surface area contributed by atoms with Crippen LogP contribution in [-0.2, 0) is 26.2 Å². The van der Waals surface area contributed by atoms with Gasteiger partial charge in [0.15, 0.2) is 0 Å². The molecule has 8 amide bonds. The molecule has 0 saturated carbocycles. The van der Waals surface area contributed by atoms with Gasteiger partial charge in [0, 0.05) is 138 Å². The molecule has 674 valence electrons. The van der Waals surface area contributed by atoms with Gasteiger partial charge in [0.25, 0.3) is 47.3 Å². The number of rotatable bonds is 24. The van der Waals surface area contributed by atoms with E-state index in [1.165, 1.54) is 42.5 Å². The first-order valence-electron chi connectivity index (χ1n) is 41.4. The molecule has 0 bridgehead atoms. The van der Waals surface area contributed by atoms with Crippen LogP contribution >= 0.6 is 92.8 Å². The Balaban J connectivity index is 0.000000152. The van der Waals surface area contributed by atoms with Crippen LogP contribution in [0.2, 0.25) is 40.2 Å². The van der Waals surface area contributed by atoms with Crippen molar-refractivity contribution in [1.29, 1.82) is 0 Å². The normalized spacial score (nSPS) is 10.5. The Hall–Kier alpha value is -15.0. The van der Waals surface area contributed by atoms with E-state index in [2.05, 4.69) is 56.8 Å². The summed E-state index contributed by atoms with van der Waals surface area (Å²) >= 11 is 50.7. The van der Waals surface area contributed by atoms with Crippen molar-refractivity contribution in [2.24, 2.45) is 0 Å². The van der Waals surface area contributed by atoms with Gasteiger partial charge in [-0.15, -0.1) is 0 Å². The van der Waals surface area contributed by atoms with Gasteiger partial charge < -0.3 is 47.4 Å². The molecule has 0 spiro atoms. The maximum absolute atomic E-state index is 12.9. The average Bonchev–Trinajstić information content (AvgIpc) is 0.819. The highest BCUT2D eigenvalue weighted by molar-refractivity contribution is 6.38. The number of nitrogens with one attached hydrogen (secondary N) is 6. The predicted molar refractivity (Wildman–Crippen MR) is 538 cm³/mol. The molecule has 135 heavy (non-hydrogen) atoms. The van der Waals surface area contributed by atoms with Crippen molar-refractivity contribution in [2.75, 3.05) is 41.1 Å². The minimum atomic E-state index is -0.414. The summed E-state index contributed by atoms with van der Waals surface area (Å²) in [6.45, 7) is 1.50. The highest BCUT2D eigenvalue weighted by Gasteiger charge is 2.24. The quantitative estimate of drug-likeness (QED) is 0.0277. The van der Waals surface area contributed by atoms with Crippen molar-refractivity contribution in [1.82, 2.24) is 45.4 Å². The summed E-state index contributed by atoms with van der Waals surface area (Å²) in [5, 5.41) is 19.7. The van der Waals surface area contributed by atoms with E-state index in [-0.39, 0.29) is 72.5 Å². The molecule has 11 aromatic carbocycles. The van der Waals surface area contributed by atoms with E-state index in [9.17, 15) is 38.4 Å². The van der Waals surface area contributed by atoms with Crippen LogP contribution in [-0.4, -0.2) is 96.1 Å². The molecule has 0 aliphatic rings. The molecule has 8 N–H and O–H groups in total. The number of aromatic nitrogens is 5. The molecule has 16 aromatic rings. The van der Waals surface area contributed by atoms with E-state index in [1.54, 1.807) is 164 Å². The van der Waals surface area contributed by atoms with Gasteiger partial charge in [-0.1, -0.05) is 202 Å². The van der Waals surface area contributed by atoms with Crippen molar-refractivity contribution in [3.05, 3.63) is 460 Å². The Kier molecular flexibility index (Phi) is 34.3. The van der Waals surface area contributed by atoms with Gasteiger partial charge in [0.2, 0.25) is 0 Å². The molecule has 0 saturated heterocycles. The summed E-state index contributed by atoms with van der Waals surface area (Å²) in [6, 6.07) is 93.1. The molecule has 0 radical (unpaired) electrons. The summed E-state index contributed by atoms with van der Waals surface area (Å²) in [5.41, 5.74) is 20.3. The second-order valence-electron chi connectivity index (χ2n) is 29.9. The molecule has 30 heteroatoms. The number of nitrogens with zero attached hydrogens (tertiary/aromatic N) is 7. The van der Waals surface area contributed by atoms with E-state index in [4.69, 9.17) is 98.5 Å². The minimum absolute atomic E-state index is 0.156. The minimum Gasteiger partial charge on any atom is -0.398 e. The number of hydrogen-bond acceptors (Lipinski definition) is 14. The van der Waals surface area contributed by atoms with Crippen LogP contribution in [0.25, 0.3) is 45.0 Å². The van der Waals surface area contributed by atoms with Crippen LogP contribution in [0.4, 0.5) is 28.4 Å². The number of amides is 8. The summed E-state index contributed by atoms with van der Waals surface area (Å²) in [7, 11) is 3.41. The Morgan fingerprint density at radius 1 is 0.274 bits per heavy atom. The largest absolute Gasteiger partial charge is 0.398 e. The van der Waals surface area contributed by atoms with Gasteiger partial charge in [-0.3, -0.25) is 63.3 Å². The van der Waals surface area contributed by atoms with Crippen molar-refractivity contribution in [2.45, 2.75) is 26.2 Å². The number of hydrogen-bond donors (Lipinski definition) is 7. The third kappa shape index (κ3) is 26.9. The third-order valence-electron chi connectivity index (χ3n) is 20.4. The molecular formula is C105H80Cl8N14O8.